The van der Waals surface area contributed by atoms with Crippen LogP contribution in [-0.4, -0.2) is 71.3 Å². The molecule has 12 heteroatoms. The minimum Gasteiger partial charge on any atom is -0.481 e. The Labute approximate surface area is 202 Å². The highest BCUT2D eigenvalue weighted by atomic mass is 16.4. The SMILES string of the molecule is NCCCC[C@H](N)C(=O)NCC(=O)N[C@@H](CC(=O)O)C(=O)N[C@H]([C]=O)Cc1c[nH]c2ccccc12. The Morgan fingerprint density at radius 3 is 2.51 bits per heavy atom. The Morgan fingerprint density at radius 2 is 1.83 bits per heavy atom. The van der Waals surface area contributed by atoms with Gasteiger partial charge in [0.05, 0.1) is 25.0 Å². The van der Waals surface area contributed by atoms with E-state index in [0.29, 0.717) is 25.8 Å². The molecule has 1 aromatic heterocycles. The first-order chi connectivity index (χ1) is 16.7. The van der Waals surface area contributed by atoms with Crippen LogP contribution >= 0.6 is 0 Å². The predicted molar refractivity (Wildman–Crippen MR) is 128 cm³/mol. The zero-order valence-electron chi connectivity index (χ0n) is 19.2. The van der Waals surface area contributed by atoms with Crippen molar-refractivity contribution in [1.82, 2.24) is 20.9 Å². The van der Waals surface area contributed by atoms with E-state index in [0.717, 1.165) is 16.5 Å². The first-order valence-electron chi connectivity index (χ1n) is 11.2. The van der Waals surface area contributed by atoms with Crippen LogP contribution in [-0.2, 0) is 30.4 Å². The summed E-state index contributed by atoms with van der Waals surface area (Å²) < 4.78 is 0. The minimum absolute atomic E-state index is 0.116. The van der Waals surface area contributed by atoms with Gasteiger partial charge in [0, 0.05) is 23.5 Å². The van der Waals surface area contributed by atoms with Gasteiger partial charge in [-0.3, -0.25) is 24.0 Å². The molecular weight excluding hydrogens is 456 g/mol. The number of carbonyl (C=O) groups is 4. The molecule has 0 unspecified atom stereocenters. The summed E-state index contributed by atoms with van der Waals surface area (Å²) in [5, 5.41) is 17.1. The molecule has 2 rings (SSSR count). The lowest BCUT2D eigenvalue weighted by atomic mass is 10.0. The third kappa shape index (κ3) is 8.83. The number of para-hydroxylation sites is 1. The molecule has 189 valence electrons. The Bertz CT molecular complexity index is 1040. The lowest BCUT2D eigenvalue weighted by Crippen LogP contribution is -2.53. The molecule has 12 nitrogen and oxygen atoms in total. The second-order valence-corrected chi connectivity index (χ2v) is 8.07. The molecule has 9 N–H and O–H groups in total. The topological polar surface area (TPSA) is 209 Å². The minimum atomic E-state index is -1.46. The van der Waals surface area contributed by atoms with Gasteiger partial charge >= 0.3 is 5.97 Å². The van der Waals surface area contributed by atoms with Gasteiger partial charge in [-0.05, 0) is 31.0 Å². The van der Waals surface area contributed by atoms with Crippen molar-refractivity contribution in [3.8, 4) is 0 Å². The largest absolute Gasteiger partial charge is 0.481 e. The predicted octanol–water partition coefficient (Wildman–Crippen LogP) is -1.16. The molecule has 1 radical (unpaired) electrons. The van der Waals surface area contributed by atoms with Gasteiger partial charge in [0.25, 0.3) is 0 Å². The van der Waals surface area contributed by atoms with Gasteiger partial charge in [0.15, 0.2) is 0 Å². The van der Waals surface area contributed by atoms with Crippen LogP contribution in [0.25, 0.3) is 10.9 Å². The number of nitrogens with two attached hydrogens (primary N) is 2. The number of rotatable bonds is 15. The molecule has 35 heavy (non-hydrogen) atoms. The van der Waals surface area contributed by atoms with Crippen molar-refractivity contribution in [3.05, 3.63) is 36.0 Å². The number of aliphatic carboxylic acids is 1. The molecule has 0 aliphatic carbocycles. The quantitative estimate of drug-likeness (QED) is 0.152. The number of unbranched alkanes of at least 4 members (excludes halogenated alkanes) is 1. The van der Waals surface area contributed by atoms with Gasteiger partial charge in [-0.15, -0.1) is 0 Å². The first kappa shape index (κ1) is 27.5. The van der Waals surface area contributed by atoms with Crippen molar-refractivity contribution >= 4 is 40.9 Å². The Kier molecular flexibility index (Phi) is 10.8. The van der Waals surface area contributed by atoms with E-state index in [9.17, 15) is 24.0 Å². The van der Waals surface area contributed by atoms with E-state index in [-0.39, 0.29) is 6.42 Å². The van der Waals surface area contributed by atoms with Gasteiger partial charge in [-0.2, -0.15) is 0 Å². The molecule has 0 aliphatic rings. The van der Waals surface area contributed by atoms with Crippen molar-refractivity contribution in [3.63, 3.8) is 0 Å². The zero-order chi connectivity index (χ0) is 25.8. The van der Waals surface area contributed by atoms with Gasteiger partial charge in [0.2, 0.25) is 24.0 Å². The fourth-order valence-electron chi connectivity index (χ4n) is 3.48. The molecule has 0 saturated heterocycles. The average Bonchev–Trinajstić information content (AvgIpc) is 3.24. The molecule has 1 heterocycles. The normalized spacial score (nSPS) is 13.4. The summed E-state index contributed by atoms with van der Waals surface area (Å²) in [4.78, 5) is 62.7. The van der Waals surface area contributed by atoms with Gasteiger partial charge < -0.3 is 37.5 Å². The molecule has 0 aliphatic heterocycles. The molecular formula is C23H31N6O6. The summed E-state index contributed by atoms with van der Waals surface area (Å²) in [5.41, 5.74) is 12.8. The summed E-state index contributed by atoms with van der Waals surface area (Å²) in [6, 6.07) is 4.06. The average molecular weight is 488 g/mol. The molecule has 0 saturated carbocycles. The Hall–Kier alpha value is -3.77. The van der Waals surface area contributed by atoms with Crippen molar-refractivity contribution in [1.29, 1.82) is 0 Å². The highest BCUT2D eigenvalue weighted by Crippen LogP contribution is 2.18. The number of fused-ring (bicyclic) bond motifs is 1. The second kappa shape index (κ2) is 13.8. The maximum Gasteiger partial charge on any atom is 0.305 e. The number of carboxylic acids is 1. The number of H-pyrrole nitrogens is 1. The maximum absolute atomic E-state index is 12.7. The van der Waals surface area contributed by atoms with Gasteiger partial charge in [0.1, 0.15) is 6.04 Å². The number of hydrogen-bond acceptors (Lipinski definition) is 7. The van der Waals surface area contributed by atoms with Crippen LogP contribution in [0.5, 0.6) is 0 Å². The molecule has 1 aromatic carbocycles. The zero-order valence-corrected chi connectivity index (χ0v) is 19.2. The molecule has 0 bridgehead atoms. The van der Waals surface area contributed by atoms with Crippen LogP contribution < -0.4 is 27.4 Å². The summed E-state index contributed by atoms with van der Waals surface area (Å²) >= 11 is 0. The molecule has 0 fully saturated rings. The number of aromatic nitrogens is 1. The molecule has 2 aromatic rings. The number of aromatic amines is 1. The van der Waals surface area contributed by atoms with E-state index in [1.807, 2.05) is 24.3 Å². The number of carbonyl (C=O) groups excluding carboxylic acids is 4. The highest BCUT2D eigenvalue weighted by Gasteiger charge is 2.27. The van der Waals surface area contributed by atoms with Crippen LogP contribution in [0.2, 0.25) is 0 Å². The summed E-state index contributed by atoms with van der Waals surface area (Å²) in [7, 11) is 0. The third-order valence-electron chi connectivity index (χ3n) is 5.32. The van der Waals surface area contributed by atoms with E-state index < -0.39 is 54.8 Å². The number of carboxylic acid groups (broad SMARTS) is 1. The van der Waals surface area contributed by atoms with E-state index in [1.165, 1.54) is 0 Å². The Morgan fingerprint density at radius 1 is 1.09 bits per heavy atom. The van der Waals surface area contributed by atoms with Crippen molar-refractivity contribution in [2.24, 2.45) is 11.5 Å². The molecule has 3 atom stereocenters. The van der Waals surface area contributed by atoms with E-state index >= 15 is 0 Å². The fourth-order valence-corrected chi connectivity index (χ4v) is 3.48. The van der Waals surface area contributed by atoms with Crippen molar-refractivity contribution in [2.45, 2.75) is 50.2 Å². The summed E-state index contributed by atoms with van der Waals surface area (Å²) in [6.07, 6.45) is 4.61. The summed E-state index contributed by atoms with van der Waals surface area (Å²) in [5.74, 6) is -3.53. The van der Waals surface area contributed by atoms with Crippen LogP contribution in [0.3, 0.4) is 0 Å². The van der Waals surface area contributed by atoms with E-state index in [1.54, 1.807) is 12.5 Å². The van der Waals surface area contributed by atoms with Gasteiger partial charge in [-0.25, -0.2) is 0 Å². The Balaban J connectivity index is 1.93. The summed E-state index contributed by atoms with van der Waals surface area (Å²) in [6.45, 7) is -0.0142. The van der Waals surface area contributed by atoms with Crippen molar-refractivity contribution < 1.29 is 29.1 Å². The maximum atomic E-state index is 12.7. The number of hydrogen-bond donors (Lipinski definition) is 7. The van der Waals surface area contributed by atoms with Crippen molar-refractivity contribution in [2.75, 3.05) is 13.1 Å². The van der Waals surface area contributed by atoms with Crippen LogP contribution in [0.4, 0.5) is 0 Å². The lowest BCUT2D eigenvalue weighted by molar-refractivity contribution is -0.140. The smallest absolute Gasteiger partial charge is 0.305 e. The highest BCUT2D eigenvalue weighted by molar-refractivity contribution is 5.94. The monoisotopic (exact) mass is 487 g/mol. The third-order valence-corrected chi connectivity index (χ3v) is 5.32. The number of benzene rings is 1. The first-order valence-corrected chi connectivity index (χ1v) is 11.2. The molecule has 3 amide bonds. The number of amides is 3. The van der Waals surface area contributed by atoms with Crippen LogP contribution in [0.15, 0.2) is 30.5 Å². The van der Waals surface area contributed by atoms with E-state index in [2.05, 4.69) is 20.9 Å². The molecule has 0 spiro atoms. The lowest BCUT2D eigenvalue weighted by Gasteiger charge is -2.20. The standard InChI is InChI=1S/C23H31N6O6/c24-8-4-3-6-17(25)22(34)27-12-20(31)29-19(10-21(32)33)23(35)28-15(13-30)9-14-11-26-18-7-2-1-5-16(14)18/h1-2,5,7,11,15,17,19,26H,3-4,6,8-10,12,24-25H2,(H,27,34)(H,28,35)(H,29,31)(H,32,33)/t15-,17-,19-/m0/s1. The van der Waals surface area contributed by atoms with Crippen LogP contribution in [0.1, 0.15) is 31.2 Å². The van der Waals surface area contributed by atoms with E-state index in [4.69, 9.17) is 16.6 Å². The van der Waals surface area contributed by atoms with Gasteiger partial charge in [-0.1, -0.05) is 24.6 Å². The fraction of sp³-hybridized carbons (Fsp3) is 0.435. The number of nitrogens with one attached hydrogen (secondary N) is 4. The van der Waals surface area contributed by atoms with Crippen LogP contribution in [0, 0.1) is 0 Å². The second-order valence-electron chi connectivity index (χ2n) is 8.07.